The van der Waals surface area contributed by atoms with Crippen LogP contribution in [0.5, 0.6) is 0 Å². The van der Waals surface area contributed by atoms with Gasteiger partial charge in [0.2, 0.25) is 0 Å². The van der Waals surface area contributed by atoms with Gasteiger partial charge in [0.25, 0.3) is 0 Å². The van der Waals surface area contributed by atoms with Crippen LogP contribution in [0, 0.1) is 47.9 Å². The molecule has 0 N–H and O–H groups in total. The molecule has 148 valence electrons. The summed E-state index contributed by atoms with van der Waals surface area (Å²) in [7, 11) is 0. The van der Waals surface area contributed by atoms with Gasteiger partial charge in [0.05, 0.1) is 11.3 Å². The minimum absolute atomic E-state index is 0.0833. The third-order valence-electron chi connectivity index (χ3n) is 4.55. The predicted molar refractivity (Wildman–Crippen MR) is 104 cm³/mol. The zero-order chi connectivity index (χ0) is 21.4. The fourth-order valence-electron chi connectivity index (χ4n) is 3.00. The molecule has 4 rings (SSSR count). The molecule has 1 aromatic heterocycles. The van der Waals surface area contributed by atoms with E-state index in [0.29, 0.717) is 5.69 Å². The summed E-state index contributed by atoms with van der Waals surface area (Å²) in [6, 6.07) is 10.5. The van der Waals surface area contributed by atoms with E-state index in [0.717, 1.165) is 23.8 Å². The second-order valence-electron chi connectivity index (χ2n) is 6.71. The Labute approximate surface area is 168 Å². The fraction of sp³-hybridized carbons (Fsp3) is 0.0417. The van der Waals surface area contributed by atoms with Crippen LogP contribution in [0.15, 0.2) is 54.7 Å². The molecule has 30 heavy (non-hydrogen) atoms. The van der Waals surface area contributed by atoms with Gasteiger partial charge in [0.15, 0.2) is 17.5 Å². The van der Waals surface area contributed by atoms with E-state index in [1.54, 1.807) is 18.3 Å². The first-order valence-corrected chi connectivity index (χ1v) is 8.85. The Bertz CT molecular complexity index is 1330. The molecular weight excluding hydrogens is 397 g/mol. The van der Waals surface area contributed by atoms with Gasteiger partial charge in [-0.2, -0.15) is 0 Å². The summed E-state index contributed by atoms with van der Waals surface area (Å²) >= 11 is 0. The van der Waals surface area contributed by atoms with Crippen molar-refractivity contribution in [3.63, 3.8) is 0 Å². The Morgan fingerprint density at radius 2 is 1.47 bits per heavy atom. The van der Waals surface area contributed by atoms with E-state index < -0.39 is 34.6 Å². The molecular formula is C24H12F5N. The van der Waals surface area contributed by atoms with Crippen molar-refractivity contribution in [1.29, 1.82) is 0 Å². The van der Waals surface area contributed by atoms with Crippen molar-refractivity contribution in [3.8, 4) is 23.1 Å². The second-order valence-corrected chi connectivity index (χ2v) is 6.71. The zero-order valence-electron chi connectivity index (χ0n) is 15.5. The van der Waals surface area contributed by atoms with Crippen molar-refractivity contribution in [3.05, 3.63) is 101 Å². The maximum atomic E-state index is 14.5. The molecule has 1 nitrogen and oxygen atoms in total. The van der Waals surface area contributed by atoms with Crippen molar-refractivity contribution in [2.24, 2.45) is 0 Å². The fourth-order valence-corrected chi connectivity index (χ4v) is 3.00. The number of aryl methyl sites for hydroxylation is 1. The van der Waals surface area contributed by atoms with E-state index in [-0.39, 0.29) is 21.9 Å². The van der Waals surface area contributed by atoms with Gasteiger partial charge in [-0.15, -0.1) is 0 Å². The molecule has 0 aliphatic heterocycles. The Morgan fingerprint density at radius 3 is 2.13 bits per heavy atom. The average Bonchev–Trinajstić information content (AvgIpc) is 2.72. The number of benzene rings is 3. The molecule has 0 unspecified atom stereocenters. The Kier molecular flexibility index (Phi) is 4.96. The minimum Gasteiger partial charge on any atom is -0.256 e. The number of fused-ring (bicyclic) bond motifs is 1. The van der Waals surface area contributed by atoms with Gasteiger partial charge in [-0.3, -0.25) is 4.98 Å². The molecule has 0 radical (unpaired) electrons. The number of rotatable bonds is 1. The smallest absolute Gasteiger partial charge is 0.195 e. The van der Waals surface area contributed by atoms with Crippen LogP contribution in [0.4, 0.5) is 22.0 Å². The number of halogens is 5. The van der Waals surface area contributed by atoms with Crippen molar-refractivity contribution < 1.29 is 22.0 Å². The summed E-state index contributed by atoms with van der Waals surface area (Å²) in [6.45, 7) is 1.85. The topological polar surface area (TPSA) is 12.9 Å². The lowest BCUT2D eigenvalue weighted by Crippen LogP contribution is -1.94. The molecule has 1 heterocycles. The normalized spacial score (nSPS) is 10.7. The lowest BCUT2D eigenvalue weighted by Gasteiger charge is -2.05. The van der Waals surface area contributed by atoms with Crippen LogP contribution in [0.2, 0.25) is 0 Å². The first-order valence-electron chi connectivity index (χ1n) is 8.85. The molecule has 0 aliphatic carbocycles. The lowest BCUT2D eigenvalue weighted by atomic mass is 10.0. The number of nitrogens with zero attached hydrogens (tertiary/aromatic N) is 1. The standard InChI is InChI=1S/C24H12F5N/c1-13-2-7-22(30-12-13)16-10-19(25)18(20(26)11-16)6-4-14-3-5-17-15(8-14)9-21(27)24(29)23(17)28/h2-3,5,7-12H,1H3. The molecule has 0 bridgehead atoms. The van der Waals surface area contributed by atoms with E-state index >= 15 is 0 Å². The van der Waals surface area contributed by atoms with Crippen LogP contribution in [0.3, 0.4) is 0 Å². The largest absolute Gasteiger partial charge is 0.256 e. The molecule has 3 aromatic carbocycles. The van der Waals surface area contributed by atoms with E-state index in [1.807, 2.05) is 6.92 Å². The number of pyridine rings is 1. The first-order chi connectivity index (χ1) is 14.3. The SMILES string of the molecule is Cc1ccc(-c2cc(F)c(C#Cc3ccc4c(F)c(F)c(F)cc4c3)c(F)c2)nc1. The second kappa shape index (κ2) is 7.60. The molecule has 0 spiro atoms. The maximum absolute atomic E-state index is 14.5. The molecule has 4 aromatic rings. The lowest BCUT2D eigenvalue weighted by molar-refractivity contribution is 0.453. The molecule has 0 saturated heterocycles. The van der Waals surface area contributed by atoms with Gasteiger partial charge >= 0.3 is 0 Å². The first kappa shape index (κ1) is 19.6. The van der Waals surface area contributed by atoms with E-state index in [1.165, 1.54) is 18.2 Å². The Hall–Kier alpha value is -3.72. The Balaban J connectivity index is 1.72. The molecule has 0 aliphatic rings. The van der Waals surface area contributed by atoms with Gasteiger partial charge in [0, 0.05) is 22.7 Å². The summed E-state index contributed by atoms with van der Waals surface area (Å²) in [5.41, 5.74) is 1.43. The van der Waals surface area contributed by atoms with Crippen LogP contribution >= 0.6 is 0 Å². The quantitative estimate of drug-likeness (QED) is 0.204. The summed E-state index contributed by atoms with van der Waals surface area (Å²) in [4.78, 5) is 4.15. The average molecular weight is 409 g/mol. The summed E-state index contributed by atoms with van der Waals surface area (Å²) < 4.78 is 69.5. The van der Waals surface area contributed by atoms with Gasteiger partial charge in [-0.05, 0) is 54.3 Å². The monoisotopic (exact) mass is 409 g/mol. The third kappa shape index (κ3) is 3.62. The zero-order valence-corrected chi connectivity index (χ0v) is 15.5. The number of aromatic nitrogens is 1. The van der Waals surface area contributed by atoms with Crippen LogP contribution in [0.25, 0.3) is 22.0 Å². The molecule has 0 fully saturated rings. The van der Waals surface area contributed by atoms with Crippen LogP contribution < -0.4 is 0 Å². The van der Waals surface area contributed by atoms with Gasteiger partial charge < -0.3 is 0 Å². The van der Waals surface area contributed by atoms with Crippen LogP contribution in [-0.2, 0) is 0 Å². The van der Waals surface area contributed by atoms with Crippen molar-refractivity contribution >= 4 is 10.8 Å². The van der Waals surface area contributed by atoms with Crippen LogP contribution in [-0.4, -0.2) is 4.98 Å². The predicted octanol–water partition coefficient (Wildman–Crippen LogP) is 6.31. The number of hydrogen-bond donors (Lipinski definition) is 0. The molecule has 0 atom stereocenters. The van der Waals surface area contributed by atoms with Gasteiger partial charge in [0.1, 0.15) is 11.6 Å². The summed E-state index contributed by atoms with van der Waals surface area (Å²) in [6.07, 6.45) is 1.59. The third-order valence-corrected chi connectivity index (χ3v) is 4.55. The van der Waals surface area contributed by atoms with Gasteiger partial charge in [-0.1, -0.05) is 24.0 Å². The summed E-state index contributed by atoms with van der Waals surface area (Å²) in [5, 5.41) is -0.0355. The highest BCUT2D eigenvalue weighted by Crippen LogP contribution is 2.25. The highest BCUT2D eigenvalue weighted by Gasteiger charge is 2.14. The minimum atomic E-state index is -1.56. The van der Waals surface area contributed by atoms with Gasteiger partial charge in [-0.25, -0.2) is 22.0 Å². The Morgan fingerprint density at radius 1 is 0.733 bits per heavy atom. The van der Waals surface area contributed by atoms with Crippen molar-refractivity contribution in [1.82, 2.24) is 4.98 Å². The van der Waals surface area contributed by atoms with Crippen molar-refractivity contribution in [2.45, 2.75) is 6.92 Å². The van der Waals surface area contributed by atoms with Crippen LogP contribution in [0.1, 0.15) is 16.7 Å². The maximum Gasteiger partial charge on any atom is 0.195 e. The van der Waals surface area contributed by atoms with E-state index in [4.69, 9.17) is 0 Å². The molecule has 0 amide bonds. The number of hydrogen-bond acceptors (Lipinski definition) is 1. The highest BCUT2D eigenvalue weighted by atomic mass is 19.2. The summed E-state index contributed by atoms with van der Waals surface area (Å²) in [5.74, 6) is -0.939. The molecule has 0 saturated carbocycles. The van der Waals surface area contributed by atoms with Crippen molar-refractivity contribution in [2.75, 3.05) is 0 Å². The highest BCUT2D eigenvalue weighted by molar-refractivity contribution is 5.84. The van der Waals surface area contributed by atoms with E-state index in [2.05, 4.69) is 16.8 Å². The van der Waals surface area contributed by atoms with E-state index in [9.17, 15) is 22.0 Å². The molecule has 6 heteroatoms.